The maximum atomic E-state index is 13.3. The average Bonchev–Trinajstić information content (AvgIpc) is 2.38. The fourth-order valence-electron chi connectivity index (χ4n) is 1.31. The number of rotatable bonds is 4. The highest BCUT2D eigenvalue weighted by molar-refractivity contribution is 5.32. The van der Waals surface area contributed by atoms with Crippen LogP contribution in [0.5, 0.6) is 5.88 Å². The van der Waals surface area contributed by atoms with Gasteiger partial charge in [0, 0.05) is 12.6 Å². The summed E-state index contributed by atoms with van der Waals surface area (Å²) in [6.07, 6.45) is 3.07. The Morgan fingerprint density at radius 2 is 2.12 bits per heavy atom. The molecule has 0 radical (unpaired) electrons. The number of anilines is 1. The molecule has 1 aromatic heterocycles. The Hall–Kier alpha value is -2.17. The summed E-state index contributed by atoms with van der Waals surface area (Å²) in [5.41, 5.74) is 0.490. The summed E-state index contributed by atoms with van der Waals surface area (Å²) in [4.78, 5) is 8.06. The van der Waals surface area contributed by atoms with Crippen LogP contribution in [0.15, 0.2) is 36.7 Å². The first-order valence-electron chi connectivity index (χ1n) is 5.15. The molecule has 0 spiro atoms. The second-order valence-corrected chi connectivity index (χ2v) is 3.37. The van der Waals surface area contributed by atoms with Crippen molar-refractivity contribution in [3.05, 3.63) is 48.0 Å². The molecule has 4 nitrogen and oxygen atoms in total. The molecule has 88 valence electrons. The summed E-state index contributed by atoms with van der Waals surface area (Å²) in [6, 6.07) is 6.47. The SMILES string of the molecule is CNc1cncc(OCc2ccccc2F)n1. The average molecular weight is 233 g/mol. The van der Waals surface area contributed by atoms with Gasteiger partial charge in [0.1, 0.15) is 18.2 Å². The van der Waals surface area contributed by atoms with Crippen molar-refractivity contribution in [3.8, 4) is 5.88 Å². The number of ether oxygens (including phenoxy) is 1. The smallest absolute Gasteiger partial charge is 0.234 e. The van der Waals surface area contributed by atoms with Crippen molar-refractivity contribution in [2.24, 2.45) is 0 Å². The van der Waals surface area contributed by atoms with Gasteiger partial charge in [-0.15, -0.1) is 0 Å². The zero-order valence-electron chi connectivity index (χ0n) is 9.35. The van der Waals surface area contributed by atoms with Crippen molar-refractivity contribution in [3.63, 3.8) is 0 Å². The van der Waals surface area contributed by atoms with Crippen LogP contribution >= 0.6 is 0 Å². The minimum absolute atomic E-state index is 0.133. The van der Waals surface area contributed by atoms with Gasteiger partial charge in [-0.1, -0.05) is 18.2 Å². The van der Waals surface area contributed by atoms with E-state index >= 15 is 0 Å². The van der Waals surface area contributed by atoms with Gasteiger partial charge in [-0.3, -0.25) is 4.98 Å². The van der Waals surface area contributed by atoms with Gasteiger partial charge in [-0.05, 0) is 6.07 Å². The zero-order valence-corrected chi connectivity index (χ0v) is 9.35. The van der Waals surface area contributed by atoms with Crippen molar-refractivity contribution >= 4 is 5.82 Å². The summed E-state index contributed by atoms with van der Waals surface area (Å²) in [7, 11) is 1.74. The first-order valence-corrected chi connectivity index (χ1v) is 5.15. The molecule has 0 saturated heterocycles. The number of halogens is 1. The molecule has 0 unspecified atom stereocenters. The number of hydrogen-bond donors (Lipinski definition) is 1. The first kappa shape index (κ1) is 11.3. The predicted octanol–water partition coefficient (Wildman–Crippen LogP) is 2.24. The van der Waals surface area contributed by atoms with Crippen LogP contribution in [0.4, 0.5) is 10.2 Å². The second kappa shape index (κ2) is 5.25. The Kier molecular flexibility index (Phi) is 3.49. The summed E-state index contributed by atoms with van der Waals surface area (Å²) in [6.45, 7) is 0.133. The molecule has 0 atom stereocenters. The maximum Gasteiger partial charge on any atom is 0.234 e. The molecular weight excluding hydrogens is 221 g/mol. The fraction of sp³-hybridized carbons (Fsp3) is 0.167. The van der Waals surface area contributed by atoms with Crippen LogP contribution in [0, 0.1) is 5.82 Å². The van der Waals surface area contributed by atoms with Gasteiger partial charge in [0.05, 0.1) is 12.4 Å². The second-order valence-electron chi connectivity index (χ2n) is 3.37. The predicted molar refractivity (Wildman–Crippen MR) is 62.3 cm³/mol. The van der Waals surface area contributed by atoms with Crippen molar-refractivity contribution in [1.82, 2.24) is 9.97 Å². The molecule has 0 aliphatic carbocycles. The lowest BCUT2D eigenvalue weighted by Crippen LogP contribution is -2.01. The van der Waals surface area contributed by atoms with Crippen molar-refractivity contribution in [2.75, 3.05) is 12.4 Å². The maximum absolute atomic E-state index is 13.3. The van der Waals surface area contributed by atoms with E-state index in [1.807, 2.05) is 0 Å². The highest BCUT2D eigenvalue weighted by Crippen LogP contribution is 2.12. The Bertz CT molecular complexity index is 505. The van der Waals surface area contributed by atoms with E-state index < -0.39 is 0 Å². The minimum Gasteiger partial charge on any atom is -0.472 e. The monoisotopic (exact) mass is 233 g/mol. The Morgan fingerprint density at radius 3 is 2.88 bits per heavy atom. The molecule has 0 saturated carbocycles. The van der Waals surface area contributed by atoms with Crippen LogP contribution in [0.3, 0.4) is 0 Å². The summed E-state index contributed by atoms with van der Waals surface area (Å²) in [5, 5.41) is 2.85. The summed E-state index contributed by atoms with van der Waals surface area (Å²) >= 11 is 0. The van der Waals surface area contributed by atoms with Gasteiger partial charge >= 0.3 is 0 Å². The molecule has 0 bridgehead atoms. The summed E-state index contributed by atoms with van der Waals surface area (Å²) in [5.74, 6) is 0.682. The summed E-state index contributed by atoms with van der Waals surface area (Å²) < 4.78 is 18.7. The number of hydrogen-bond acceptors (Lipinski definition) is 4. The van der Waals surface area contributed by atoms with E-state index in [1.54, 1.807) is 31.4 Å². The van der Waals surface area contributed by atoms with Crippen molar-refractivity contribution in [1.29, 1.82) is 0 Å². The third kappa shape index (κ3) is 2.90. The van der Waals surface area contributed by atoms with Gasteiger partial charge in [0.2, 0.25) is 5.88 Å². The van der Waals surface area contributed by atoms with Crippen LogP contribution in [-0.4, -0.2) is 17.0 Å². The molecule has 5 heteroatoms. The quantitative estimate of drug-likeness (QED) is 0.879. The molecule has 17 heavy (non-hydrogen) atoms. The van der Waals surface area contributed by atoms with E-state index in [4.69, 9.17) is 4.74 Å². The zero-order chi connectivity index (χ0) is 12.1. The van der Waals surface area contributed by atoms with Crippen LogP contribution in [0.25, 0.3) is 0 Å². The standard InChI is InChI=1S/C12H12FN3O/c1-14-11-6-15-7-12(16-11)17-8-9-4-2-3-5-10(9)13/h2-7H,8H2,1H3,(H,14,16). The molecule has 1 N–H and O–H groups in total. The number of benzene rings is 1. The molecular formula is C12H12FN3O. The Labute approximate surface area is 98.5 Å². The molecule has 2 aromatic rings. The lowest BCUT2D eigenvalue weighted by molar-refractivity contribution is 0.287. The first-order chi connectivity index (χ1) is 8.29. The van der Waals surface area contributed by atoms with E-state index in [2.05, 4.69) is 15.3 Å². The number of nitrogens with zero attached hydrogens (tertiary/aromatic N) is 2. The van der Waals surface area contributed by atoms with Gasteiger partial charge < -0.3 is 10.1 Å². The van der Waals surface area contributed by atoms with Gasteiger partial charge in [-0.2, -0.15) is 4.98 Å². The van der Waals surface area contributed by atoms with Crippen LogP contribution < -0.4 is 10.1 Å². The number of nitrogens with one attached hydrogen (secondary N) is 1. The normalized spacial score (nSPS) is 10.0. The highest BCUT2D eigenvalue weighted by atomic mass is 19.1. The van der Waals surface area contributed by atoms with E-state index in [0.29, 0.717) is 17.3 Å². The Morgan fingerprint density at radius 1 is 1.29 bits per heavy atom. The highest BCUT2D eigenvalue weighted by Gasteiger charge is 2.03. The molecule has 1 aromatic carbocycles. The molecule has 0 aliphatic heterocycles. The third-order valence-corrected chi connectivity index (χ3v) is 2.20. The van der Waals surface area contributed by atoms with Crippen LogP contribution in [0.1, 0.15) is 5.56 Å². The lowest BCUT2D eigenvalue weighted by atomic mass is 10.2. The lowest BCUT2D eigenvalue weighted by Gasteiger charge is -2.06. The van der Waals surface area contributed by atoms with E-state index in [1.165, 1.54) is 12.3 Å². The third-order valence-electron chi connectivity index (χ3n) is 2.20. The number of aromatic nitrogens is 2. The topological polar surface area (TPSA) is 47.0 Å². The molecule has 2 rings (SSSR count). The van der Waals surface area contributed by atoms with Crippen molar-refractivity contribution in [2.45, 2.75) is 6.61 Å². The molecule has 0 aliphatic rings. The van der Waals surface area contributed by atoms with Gasteiger partial charge in [0.25, 0.3) is 0 Å². The molecule has 0 fully saturated rings. The van der Waals surface area contributed by atoms with Crippen LogP contribution in [0.2, 0.25) is 0 Å². The molecule has 0 amide bonds. The van der Waals surface area contributed by atoms with Gasteiger partial charge in [-0.25, -0.2) is 4.39 Å². The largest absolute Gasteiger partial charge is 0.472 e. The van der Waals surface area contributed by atoms with E-state index in [0.717, 1.165) is 0 Å². The molecule has 1 heterocycles. The fourth-order valence-corrected chi connectivity index (χ4v) is 1.31. The van der Waals surface area contributed by atoms with E-state index in [9.17, 15) is 4.39 Å². The Balaban J connectivity index is 2.05. The van der Waals surface area contributed by atoms with Crippen molar-refractivity contribution < 1.29 is 9.13 Å². The van der Waals surface area contributed by atoms with Gasteiger partial charge in [0.15, 0.2) is 0 Å². The van der Waals surface area contributed by atoms with Crippen LogP contribution in [-0.2, 0) is 6.61 Å². The van der Waals surface area contributed by atoms with E-state index in [-0.39, 0.29) is 12.4 Å². The minimum atomic E-state index is -0.287.